The average molecular weight is 471 g/mol. The molecule has 0 spiro atoms. The Morgan fingerprint density at radius 1 is 1.16 bits per heavy atom. The first kappa shape index (κ1) is 24.8. The van der Waals surface area contributed by atoms with Crippen LogP contribution in [0.3, 0.4) is 0 Å². The van der Waals surface area contributed by atoms with Crippen LogP contribution in [-0.2, 0) is 26.0 Å². The summed E-state index contributed by atoms with van der Waals surface area (Å²) < 4.78 is 32.0. The van der Waals surface area contributed by atoms with Crippen molar-refractivity contribution in [2.45, 2.75) is 37.4 Å². The molecule has 2 saturated heterocycles. The van der Waals surface area contributed by atoms with Crippen LogP contribution < -0.4 is 10.4 Å². The number of aromatic nitrogens is 2. The van der Waals surface area contributed by atoms with Crippen molar-refractivity contribution >= 4 is 21.9 Å². The number of hydrogen-bond donors (Lipinski definition) is 2. The molecule has 3 rings (SSSR count). The van der Waals surface area contributed by atoms with Crippen molar-refractivity contribution in [2.75, 3.05) is 64.4 Å². The summed E-state index contributed by atoms with van der Waals surface area (Å²) in [6, 6.07) is 0. The van der Waals surface area contributed by atoms with Crippen LogP contribution in [0.4, 0.5) is 5.95 Å². The number of hydroxylamine groups is 1. The number of nitrogens with zero attached hydrogens (tertiary/aromatic N) is 5. The number of rotatable bonds is 9. The zero-order valence-electron chi connectivity index (χ0n) is 18.9. The molecule has 12 heteroatoms. The summed E-state index contributed by atoms with van der Waals surface area (Å²) in [4.78, 5) is 25.5. The third-order valence-corrected chi connectivity index (χ3v) is 9.00. The molecule has 1 aromatic rings. The zero-order chi connectivity index (χ0) is 23.2. The summed E-state index contributed by atoms with van der Waals surface area (Å²) in [6.45, 7) is 5.51. The Morgan fingerprint density at radius 3 is 2.31 bits per heavy atom. The SMILES string of the molecule is CCCc1cnc(N2CCN(S(=O)(=O)C3(C(=O)NO)CCN(CCOC)CC3)CC2)nc1. The van der Waals surface area contributed by atoms with Crippen LogP contribution in [0.15, 0.2) is 12.4 Å². The number of carbonyl (C=O) groups excluding carboxylic acids is 1. The molecule has 2 N–H and O–H groups in total. The van der Waals surface area contributed by atoms with Gasteiger partial charge in [0.1, 0.15) is 0 Å². The third-order valence-electron chi connectivity index (χ3n) is 6.38. The summed E-state index contributed by atoms with van der Waals surface area (Å²) in [5, 5.41) is 9.33. The predicted molar refractivity (Wildman–Crippen MR) is 119 cm³/mol. The quantitative estimate of drug-likeness (QED) is 0.374. The first-order chi connectivity index (χ1) is 15.4. The maximum atomic E-state index is 13.6. The van der Waals surface area contributed by atoms with Crippen LogP contribution in [0.25, 0.3) is 0 Å². The maximum absolute atomic E-state index is 13.6. The second-order valence-corrected chi connectivity index (χ2v) is 10.6. The lowest BCUT2D eigenvalue weighted by molar-refractivity contribution is -0.133. The number of sulfonamides is 1. The number of carbonyl (C=O) groups is 1. The standard InChI is InChI=1S/C20H34N6O5S/c1-3-4-17-15-21-19(22-16-17)25-9-11-26(12-10-25)32(29,30)20(18(27)23-28)5-7-24(8-6-20)13-14-31-2/h15-16,28H,3-14H2,1-2H3,(H,23,27). The van der Waals surface area contributed by atoms with Gasteiger partial charge < -0.3 is 14.5 Å². The molecule has 0 bridgehead atoms. The van der Waals surface area contributed by atoms with Crippen LogP contribution in [-0.4, -0.2) is 103 Å². The molecule has 0 aliphatic carbocycles. The van der Waals surface area contributed by atoms with Gasteiger partial charge in [0.15, 0.2) is 4.75 Å². The number of piperazine rings is 1. The minimum atomic E-state index is -3.99. The molecule has 0 saturated carbocycles. The molecule has 2 fully saturated rings. The van der Waals surface area contributed by atoms with E-state index < -0.39 is 20.7 Å². The largest absolute Gasteiger partial charge is 0.383 e. The first-order valence-electron chi connectivity index (χ1n) is 11.1. The maximum Gasteiger partial charge on any atom is 0.266 e. The van der Waals surface area contributed by atoms with Crippen molar-refractivity contribution in [2.24, 2.45) is 0 Å². The smallest absolute Gasteiger partial charge is 0.266 e. The molecule has 2 aliphatic rings. The lowest BCUT2D eigenvalue weighted by Gasteiger charge is -2.43. The van der Waals surface area contributed by atoms with Crippen molar-refractivity contribution in [3.8, 4) is 0 Å². The van der Waals surface area contributed by atoms with Crippen LogP contribution in [0.2, 0.25) is 0 Å². The van der Waals surface area contributed by atoms with Crippen molar-refractivity contribution in [1.29, 1.82) is 0 Å². The second-order valence-electron chi connectivity index (χ2n) is 8.30. The van der Waals surface area contributed by atoms with Gasteiger partial charge in [-0.25, -0.2) is 23.9 Å². The molecular formula is C20H34N6O5S. The topological polar surface area (TPSA) is 128 Å². The molecule has 1 aromatic heterocycles. The summed E-state index contributed by atoms with van der Waals surface area (Å²) in [6.07, 6.45) is 5.80. The highest BCUT2D eigenvalue weighted by molar-refractivity contribution is 7.91. The number of piperidine rings is 1. The number of likely N-dealkylation sites (tertiary alicyclic amines) is 1. The Kier molecular flexibility index (Phi) is 8.39. The van der Waals surface area contributed by atoms with E-state index >= 15 is 0 Å². The van der Waals surface area contributed by atoms with Gasteiger partial charge in [0.2, 0.25) is 16.0 Å². The Hall–Kier alpha value is -1.86. The molecule has 0 atom stereocenters. The molecule has 32 heavy (non-hydrogen) atoms. The van der Waals surface area contributed by atoms with Crippen molar-refractivity contribution in [3.05, 3.63) is 18.0 Å². The normalized spacial score (nSPS) is 20.3. The predicted octanol–water partition coefficient (Wildman–Crippen LogP) is -0.133. The van der Waals surface area contributed by atoms with Gasteiger partial charge in [-0.05, 0) is 24.8 Å². The van der Waals surface area contributed by atoms with Gasteiger partial charge in [-0.3, -0.25) is 10.0 Å². The number of amides is 1. The number of methoxy groups -OCH3 is 1. The number of anilines is 1. The zero-order valence-corrected chi connectivity index (χ0v) is 19.7. The minimum Gasteiger partial charge on any atom is -0.383 e. The van der Waals surface area contributed by atoms with Crippen LogP contribution in [0.5, 0.6) is 0 Å². The fourth-order valence-electron chi connectivity index (χ4n) is 4.37. The van der Waals surface area contributed by atoms with E-state index in [0.717, 1.165) is 18.4 Å². The molecule has 1 amide bonds. The van der Waals surface area contributed by atoms with E-state index in [4.69, 9.17) is 4.74 Å². The highest BCUT2D eigenvalue weighted by Gasteiger charge is 2.55. The van der Waals surface area contributed by atoms with Crippen molar-refractivity contribution in [1.82, 2.24) is 24.7 Å². The molecule has 11 nitrogen and oxygen atoms in total. The Morgan fingerprint density at radius 2 is 1.78 bits per heavy atom. The fourth-order valence-corrected chi connectivity index (χ4v) is 6.48. The first-order valence-corrected chi connectivity index (χ1v) is 12.5. The van der Waals surface area contributed by atoms with Gasteiger partial charge >= 0.3 is 0 Å². The van der Waals surface area contributed by atoms with Gasteiger partial charge in [-0.15, -0.1) is 0 Å². The van der Waals surface area contributed by atoms with Gasteiger partial charge in [-0.1, -0.05) is 13.3 Å². The van der Waals surface area contributed by atoms with E-state index in [2.05, 4.69) is 21.8 Å². The highest BCUT2D eigenvalue weighted by atomic mass is 32.2. The molecule has 180 valence electrons. The Bertz CT molecular complexity index is 850. The second kappa shape index (κ2) is 10.8. The molecule has 2 aliphatic heterocycles. The van der Waals surface area contributed by atoms with E-state index in [-0.39, 0.29) is 25.9 Å². The van der Waals surface area contributed by atoms with E-state index in [1.54, 1.807) is 12.6 Å². The summed E-state index contributed by atoms with van der Waals surface area (Å²) in [5.74, 6) is -0.280. The Balaban J connectivity index is 1.68. The monoisotopic (exact) mass is 470 g/mol. The van der Waals surface area contributed by atoms with Gasteiger partial charge in [0, 0.05) is 65.3 Å². The van der Waals surface area contributed by atoms with Gasteiger partial charge in [0.05, 0.1) is 6.61 Å². The molecule has 0 radical (unpaired) electrons. The van der Waals surface area contributed by atoms with Gasteiger partial charge in [-0.2, -0.15) is 4.31 Å². The average Bonchev–Trinajstić information content (AvgIpc) is 2.83. The van der Waals surface area contributed by atoms with E-state index in [9.17, 15) is 18.4 Å². The van der Waals surface area contributed by atoms with Gasteiger partial charge in [0.25, 0.3) is 5.91 Å². The van der Waals surface area contributed by atoms with E-state index in [1.807, 2.05) is 17.3 Å². The lowest BCUT2D eigenvalue weighted by atomic mass is 9.95. The number of nitrogens with one attached hydrogen (secondary N) is 1. The molecular weight excluding hydrogens is 436 g/mol. The number of hydrogen-bond acceptors (Lipinski definition) is 9. The lowest BCUT2D eigenvalue weighted by Crippen LogP contribution is -2.63. The molecule has 0 unspecified atom stereocenters. The molecule has 3 heterocycles. The summed E-state index contributed by atoms with van der Waals surface area (Å²) >= 11 is 0. The van der Waals surface area contributed by atoms with Crippen LogP contribution in [0, 0.1) is 0 Å². The van der Waals surface area contributed by atoms with Crippen molar-refractivity contribution < 1.29 is 23.2 Å². The van der Waals surface area contributed by atoms with E-state index in [1.165, 1.54) is 4.31 Å². The van der Waals surface area contributed by atoms with Crippen LogP contribution in [0.1, 0.15) is 31.7 Å². The number of aryl methyl sites for hydroxylation is 1. The van der Waals surface area contributed by atoms with E-state index in [0.29, 0.717) is 45.3 Å². The van der Waals surface area contributed by atoms with Crippen molar-refractivity contribution in [3.63, 3.8) is 0 Å². The molecule has 0 aromatic carbocycles. The highest BCUT2D eigenvalue weighted by Crippen LogP contribution is 2.34. The fraction of sp³-hybridized carbons (Fsp3) is 0.750. The van der Waals surface area contributed by atoms with Crippen LogP contribution >= 0.6 is 0 Å². The number of ether oxygens (including phenoxy) is 1. The minimum absolute atomic E-state index is 0.119. The summed E-state index contributed by atoms with van der Waals surface area (Å²) in [5.41, 5.74) is 2.69. The Labute approximate surface area is 189 Å². The third kappa shape index (κ3) is 5.04. The summed E-state index contributed by atoms with van der Waals surface area (Å²) in [7, 11) is -2.37.